The second-order valence-corrected chi connectivity index (χ2v) is 7.23. The number of nitriles is 1. The SMILES string of the molecule is CC1CCCC(O)(C2(C#N)CC3CCC2C3)CC1. The molecule has 0 amide bonds. The maximum Gasteiger partial charge on any atom is 0.0890 e. The zero-order valence-corrected chi connectivity index (χ0v) is 11.5. The van der Waals surface area contributed by atoms with Crippen molar-refractivity contribution < 1.29 is 5.11 Å². The molecular formula is C16H25NO. The third kappa shape index (κ3) is 1.63. The molecule has 3 aliphatic carbocycles. The van der Waals surface area contributed by atoms with Crippen LogP contribution in [0.3, 0.4) is 0 Å². The summed E-state index contributed by atoms with van der Waals surface area (Å²) in [5.74, 6) is 1.92. The van der Waals surface area contributed by atoms with Crippen LogP contribution in [0, 0.1) is 34.5 Å². The molecule has 2 bridgehead atoms. The summed E-state index contributed by atoms with van der Waals surface area (Å²) >= 11 is 0. The molecule has 0 aromatic rings. The molecule has 3 fully saturated rings. The van der Waals surface area contributed by atoms with Crippen molar-refractivity contribution in [2.45, 2.75) is 70.3 Å². The summed E-state index contributed by atoms with van der Waals surface area (Å²) in [6, 6.07) is 2.61. The molecule has 1 N–H and O–H groups in total. The first-order valence-electron chi connectivity index (χ1n) is 7.73. The summed E-state index contributed by atoms with van der Waals surface area (Å²) in [6.45, 7) is 2.28. The largest absolute Gasteiger partial charge is 0.388 e. The molecule has 18 heavy (non-hydrogen) atoms. The highest BCUT2D eigenvalue weighted by Crippen LogP contribution is 2.62. The predicted molar refractivity (Wildman–Crippen MR) is 70.7 cm³/mol. The molecule has 5 unspecified atom stereocenters. The van der Waals surface area contributed by atoms with Crippen LogP contribution in [0.5, 0.6) is 0 Å². The highest BCUT2D eigenvalue weighted by atomic mass is 16.3. The molecule has 0 aromatic carbocycles. The van der Waals surface area contributed by atoms with Gasteiger partial charge in [0.05, 0.1) is 17.1 Å². The lowest BCUT2D eigenvalue weighted by Gasteiger charge is -2.45. The van der Waals surface area contributed by atoms with Crippen molar-refractivity contribution in [3.8, 4) is 6.07 Å². The van der Waals surface area contributed by atoms with Crippen LogP contribution in [0.15, 0.2) is 0 Å². The zero-order chi connectivity index (χ0) is 12.8. The van der Waals surface area contributed by atoms with Gasteiger partial charge in [0, 0.05) is 0 Å². The van der Waals surface area contributed by atoms with E-state index in [4.69, 9.17) is 0 Å². The highest BCUT2D eigenvalue weighted by Gasteiger charge is 2.61. The van der Waals surface area contributed by atoms with Crippen LogP contribution in [0.1, 0.15) is 64.7 Å². The van der Waals surface area contributed by atoms with E-state index >= 15 is 0 Å². The van der Waals surface area contributed by atoms with Crippen LogP contribution in [0.2, 0.25) is 0 Å². The standard InChI is InChI=1S/C16H25NO/c1-12-3-2-7-16(18,8-6-12)15(11-17)10-13-4-5-14(15)9-13/h12-14,18H,2-10H2,1H3. The lowest BCUT2D eigenvalue weighted by atomic mass is 9.60. The summed E-state index contributed by atoms with van der Waals surface area (Å²) < 4.78 is 0. The van der Waals surface area contributed by atoms with Gasteiger partial charge in [-0.2, -0.15) is 5.26 Å². The van der Waals surface area contributed by atoms with Crippen LogP contribution in [0.4, 0.5) is 0 Å². The van der Waals surface area contributed by atoms with Crippen molar-refractivity contribution in [2.24, 2.45) is 23.2 Å². The van der Waals surface area contributed by atoms with Gasteiger partial charge >= 0.3 is 0 Å². The molecule has 0 saturated heterocycles. The predicted octanol–water partition coefficient (Wildman–Crippen LogP) is 3.65. The number of hydrogen-bond donors (Lipinski definition) is 1. The van der Waals surface area contributed by atoms with Gasteiger partial charge < -0.3 is 5.11 Å². The average Bonchev–Trinajstić information content (AvgIpc) is 2.92. The van der Waals surface area contributed by atoms with Gasteiger partial charge in [0.25, 0.3) is 0 Å². The van der Waals surface area contributed by atoms with Gasteiger partial charge in [0.1, 0.15) is 0 Å². The molecule has 3 rings (SSSR count). The number of fused-ring (bicyclic) bond motifs is 2. The van der Waals surface area contributed by atoms with E-state index in [1.807, 2.05) is 0 Å². The summed E-state index contributed by atoms with van der Waals surface area (Å²) in [7, 11) is 0. The topological polar surface area (TPSA) is 44.0 Å². The van der Waals surface area contributed by atoms with Crippen molar-refractivity contribution in [1.82, 2.24) is 0 Å². The highest BCUT2D eigenvalue weighted by molar-refractivity contribution is 5.20. The van der Waals surface area contributed by atoms with Gasteiger partial charge in [-0.05, 0) is 56.3 Å². The van der Waals surface area contributed by atoms with Crippen molar-refractivity contribution in [3.05, 3.63) is 0 Å². The van der Waals surface area contributed by atoms with Crippen LogP contribution in [0.25, 0.3) is 0 Å². The minimum absolute atomic E-state index is 0.403. The Morgan fingerprint density at radius 3 is 2.61 bits per heavy atom. The molecule has 0 radical (unpaired) electrons. The quantitative estimate of drug-likeness (QED) is 0.719. The summed E-state index contributed by atoms with van der Waals surface area (Å²) in [6.07, 6.45) is 9.76. The second kappa shape index (κ2) is 4.23. The van der Waals surface area contributed by atoms with Crippen molar-refractivity contribution in [2.75, 3.05) is 0 Å². The van der Waals surface area contributed by atoms with Crippen LogP contribution in [-0.4, -0.2) is 10.7 Å². The number of nitrogens with zero attached hydrogens (tertiary/aromatic N) is 1. The van der Waals surface area contributed by atoms with Gasteiger partial charge in [-0.25, -0.2) is 0 Å². The first-order chi connectivity index (χ1) is 8.60. The fraction of sp³-hybridized carbons (Fsp3) is 0.938. The number of rotatable bonds is 1. The Labute approximate surface area is 110 Å². The van der Waals surface area contributed by atoms with E-state index in [1.165, 1.54) is 25.7 Å². The van der Waals surface area contributed by atoms with Crippen LogP contribution < -0.4 is 0 Å². The first kappa shape index (κ1) is 12.5. The molecule has 3 aliphatic rings. The van der Waals surface area contributed by atoms with E-state index in [2.05, 4.69) is 13.0 Å². The molecule has 3 saturated carbocycles. The van der Waals surface area contributed by atoms with E-state index < -0.39 is 11.0 Å². The Morgan fingerprint density at radius 1 is 1.17 bits per heavy atom. The molecule has 0 aliphatic heterocycles. The number of hydrogen-bond acceptors (Lipinski definition) is 2. The molecule has 0 spiro atoms. The monoisotopic (exact) mass is 247 g/mol. The van der Waals surface area contributed by atoms with E-state index in [-0.39, 0.29) is 0 Å². The maximum absolute atomic E-state index is 11.2. The van der Waals surface area contributed by atoms with Gasteiger partial charge in [0.15, 0.2) is 0 Å². The zero-order valence-electron chi connectivity index (χ0n) is 11.5. The summed E-state index contributed by atoms with van der Waals surface area (Å²) in [4.78, 5) is 0. The van der Waals surface area contributed by atoms with Crippen LogP contribution in [-0.2, 0) is 0 Å². The van der Waals surface area contributed by atoms with E-state index in [0.717, 1.165) is 38.0 Å². The minimum Gasteiger partial charge on any atom is -0.388 e. The fourth-order valence-corrected chi connectivity index (χ4v) is 5.08. The minimum atomic E-state index is -0.688. The van der Waals surface area contributed by atoms with E-state index in [0.29, 0.717) is 11.8 Å². The maximum atomic E-state index is 11.2. The third-order valence-electron chi connectivity index (χ3n) is 6.22. The molecule has 0 heterocycles. The lowest BCUT2D eigenvalue weighted by molar-refractivity contribution is -0.0927. The fourth-order valence-electron chi connectivity index (χ4n) is 5.08. The van der Waals surface area contributed by atoms with Gasteiger partial charge in [-0.3, -0.25) is 0 Å². The third-order valence-corrected chi connectivity index (χ3v) is 6.22. The Bertz CT molecular complexity index is 374. The van der Waals surface area contributed by atoms with Gasteiger partial charge in [0.2, 0.25) is 0 Å². The van der Waals surface area contributed by atoms with Gasteiger partial charge in [-0.1, -0.05) is 26.2 Å². The molecule has 2 nitrogen and oxygen atoms in total. The normalized spacial score (nSPS) is 51.9. The lowest BCUT2D eigenvalue weighted by Crippen LogP contribution is -2.50. The van der Waals surface area contributed by atoms with Crippen LogP contribution >= 0.6 is 0 Å². The first-order valence-corrected chi connectivity index (χ1v) is 7.73. The van der Waals surface area contributed by atoms with Crippen molar-refractivity contribution in [1.29, 1.82) is 5.26 Å². The molecule has 0 aromatic heterocycles. The summed E-state index contributed by atoms with van der Waals surface area (Å²) in [5.41, 5.74) is -1.09. The Balaban J connectivity index is 1.89. The molecule has 100 valence electrons. The van der Waals surface area contributed by atoms with Gasteiger partial charge in [-0.15, -0.1) is 0 Å². The van der Waals surface area contributed by atoms with Crippen molar-refractivity contribution in [3.63, 3.8) is 0 Å². The molecular weight excluding hydrogens is 222 g/mol. The van der Waals surface area contributed by atoms with Crippen molar-refractivity contribution >= 4 is 0 Å². The number of aliphatic hydroxyl groups is 1. The Hall–Kier alpha value is -0.550. The van der Waals surface area contributed by atoms with E-state index in [9.17, 15) is 10.4 Å². The smallest absolute Gasteiger partial charge is 0.0890 e. The second-order valence-electron chi connectivity index (χ2n) is 7.23. The average molecular weight is 247 g/mol. The Kier molecular flexibility index (Phi) is 2.94. The molecule has 2 heteroatoms. The molecule has 5 atom stereocenters. The van der Waals surface area contributed by atoms with E-state index in [1.54, 1.807) is 0 Å². The summed E-state index contributed by atoms with van der Waals surface area (Å²) in [5, 5.41) is 21.0. The Morgan fingerprint density at radius 2 is 2.00 bits per heavy atom.